The topological polar surface area (TPSA) is 50.3 Å². The van der Waals surface area contributed by atoms with E-state index in [0.717, 1.165) is 4.31 Å². The molecule has 1 heterocycles. The Morgan fingerprint density at radius 2 is 2.27 bits per heavy atom. The van der Waals surface area contributed by atoms with E-state index in [1.807, 2.05) is 0 Å². The third kappa shape index (κ3) is 2.69. The van der Waals surface area contributed by atoms with Crippen LogP contribution in [0.25, 0.3) is 0 Å². The lowest BCUT2D eigenvalue weighted by Crippen LogP contribution is -2.27. The van der Waals surface area contributed by atoms with Crippen LogP contribution in [0.2, 0.25) is 5.15 Å². The van der Waals surface area contributed by atoms with Crippen LogP contribution < -0.4 is 0 Å². The van der Waals surface area contributed by atoms with E-state index in [9.17, 15) is 8.42 Å². The van der Waals surface area contributed by atoms with Crippen molar-refractivity contribution in [3.05, 3.63) is 23.5 Å². The molecule has 1 aromatic rings. The molecule has 0 aromatic carbocycles. The zero-order valence-electron chi connectivity index (χ0n) is 8.01. The first-order valence-electron chi connectivity index (χ1n) is 4.00. The molecule has 0 saturated carbocycles. The number of pyridine rings is 1. The molecule has 0 aliphatic heterocycles. The van der Waals surface area contributed by atoms with Crippen molar-refractivity contribution in [2.75, 3.05) is 13.6 Å². The monoisotopic (exact) mass is 244 g/mol. The Morgan fingerprint density at radius 1 is 1.60 bits per heavy atom. The highest BCUT2D eigenvalue weighted by molar-refractivity contribution is 7.89. The van der Waals surface area contributed by atoms with Gasteiger partial charge in [-0.15, -0.1) is 6.42 Å². The molecule has 0 aliphatic carbocycles. The fourth-order valence-corrected chi connectivity index (χ4v) is 2.05. The summed E-state index contributed by atoms with van der Waals surface area (Å²) in [6.45, 7) is 0.0188. The molecule has 6 heteroatoms. The number of rotatable bonds is 3. The van der Waals surface area contributed by atoms with Crippen molar-refractivity contribution in [1.29, 1.82) is 0 Å². The maximum absolute atomic E-state index is 11.8. The van der Waals surface area contributed by atoms with E-state index in [1.54, 1.807) is 0 Å². The Bertz CT molecular complexity index is 476. The van der Waals surface area contributed by atoms with Gasteiger partial charge in [-0.3, -0.25) is 0 Å². The first-order chi connectivity index (χ1) is 6.98. The van der Waals surface area contributed by atoms with E-state index in [0.29, 0.717) is 0 Å². The molecule has 4 nitrogen and oxygen atoms in total. The fraction of sp³-hybridized carbons (Fsp3) is 0.222. The van der Waals surface area contributed by atoms with E-state index in [2.05, 4.69) is 10.9 Å². The molecule has 15 heavy (non-hydrogen) atoms. The smallest absolute Gasteiger partial charge is 0.243 e. The lowest BCUT2D eigenvalue weighted by atomic mass is 10.5. The molecule has 0 unspecified atom stereocenters. The molecular formula is C9H9ClN2O2S. The second-order valence-electron chi connectivity index (χ2n) is 2.78. The fourth-order valence-electron chi connectivity index (χ4n) is 0.908. The summed E-state index contributed by atoms with van der Waals surface area (Å²) >= 11 is 5.55. The molecule has 0 N–H and O–H groups in total. The summed E-state index contributed by atoms with van der Waals surface area (Å²) in [4.78, 5) is 3.77. The van der Waals surface area contributed by atoms with Crippen molar-refractivity contribution in [2.45, 2.75) is 4.90 Å². The number of hydrogen-bond acceptors (Lipinski definition) is 3. The highest BCUT2D eigenvalue weighted by Gasteiger charge is 2.19. The van der Waals surface area contributed by atoms with Gasteiger partial charge in [-0.25, -0.2) is 13.4 Å². The first-order valence-corrected chi connectivity index (χ1v) is 5.81. The molecule has 0 amide bonds. The van der Waals surface area contributed by atoms with Gasteiger partial charge in [0.2, 0.25) is 10.0 Å². The zero-order chi connectivity index (χ0) is 11.5. The Kier molecular flexibility index (Phi) is 3.69. The number of aromatic nitrogens is 1. The highest BCUT2D eigenvalue weighted by atomic mass is 35.5. The average molecular weight is 245 g/mol. The number of hydrogen-bond donors (Lipinski definition) is 0. The van der Waals surface area contributed by atoms with Gasteiger partial charge in [-0.2, -0.15) is 4.31 Å². The number of halogens is 1. The first kappa shape index (κ1) is 12.0. The molecular weight excluding hydrogens is 236 g/mol. The SMILES string of the molecule is C#CCN(C)S(=O)(=O)c1ccc(Cl)nc1. The lowest BCUT2D eigenvalue weighted by molar-refractivity contribution is 0.502. The maximum atomic E-state index is 11.8. The van der Waals surface area contributed by atoms with E-state index < -0.39 is 10.0 Å². The number of nitrogens with zero attached hydrogens (tertiary/aromatic N) is 2. The normalized spacial score (nSPS) is 11.3. The van der Waals surface area contributed by atoms with Crippen LogP contribution in [0, 0.1) is 12.3 Å². The van der Waals surface area contributed by atoms with E-state index in [-0.39, 0.29) is 16.6 Å². The zero-order valence-corrected chi connectivity index (χ0v) is 9.59. The second kappa shape index (κ2) is 4.62. The third-order valence-corrected chi connectivity index (χ3v) is 3.73. The van der Waals surface area contributed by atoms with Crippen LogP contribution >= 0.6 is 11.6 Å². The van der Waals surface area contributed by atoms with Gasteiger partial charge in [0.25, 0.3) is 0 Å². The van der Waals surface area contributed by atoms with Crippen LogP contribution in [0.5, 0.6) is 0 Å². The highest BCUT2D eigenvalue weighted by Crippen LogP contribution is 2.14. The molecule has 0 fully saturated rings. The van der Waals surface area contributed by atoms with Gasteiger partial charge in [0, 0.05) is 13.2 Å². The van der Waals surface area contributed by atoms with Gasteiger partial charge >= 0.3 is 0 Å². The van der Waals surface area contributed by atoms with Gasteiger partial charge in [0.1, 0.15) is 10.0 Å². The molecule has 1 rings (SSSR count). The molecule has 0 spiro atoms. The third-order valence-electron chi connectivity index (χ3n) is 1.72. The summed E-state index contributed by atoms with van der Waals surface area (Å²) in [6, 6.07) is 2.80. The van der Waals surface area contributed by atoms with Crippen molar-refractivity contribution >= 4 is 21.6 Å². The van der Waals surface area contributed by atoms with E-state index in [4.69, 9.17) is 18.0 Å². The standard InChI is InChI=1S/C9H9ClN2O2S/c1-3-6-12(2)15(13,14)8-4-5-9(10)11-7-8/h1,4-5,7H,6H2,2H3. The minimum atomic E-state index is -3.55. The van der Waals surface area contributed by atoms with Crippen LogP contribution in [-0.2, 0) is 10.0 Å². The summed E-state index contributed by atoms with van der Waals surface area (Å²) in [6.07, 6.45) is 6.23. The molecule has 0 aliphatic rings. The summed E-state index contributed by atoms with van der Waals surface area (Å²) in [5.74, 6) is 2.26. The summed E-state index contributed by atoms with van der Waals surface area (Å²) in [5, 5.41) is 0.244. The van der Waals surface area contributed by atoms with Gasteiger partial charge in [0.15, 0.2) is 0 Å². The predicted molar refractivity (Wildman–Crippen MR) is 57.9 cm³/mol. The van der Waals surface area contributed by atoms with Gasteiger partial charge in [-0.05, 0) is 12.1 Å². The molecule has 0 bridgehead atoms. The minimum absolute atomic E-state index is 0.0188. The quantitative estimate of drug-likeness (QED) is 0.589. The minimum Gasteiger partial charge on any atom is -0.243 e. The van der Waals surface area contributed by atoms with Crippen molar-refractivity contribution in [3.8, 4) is 12.3 Å². The van der Waals surface area contributed by atoms with Crippen molar-refractivity contribution < 1.29 is 8.42 Å². The van der Waals surface area contributed by atoms with E-state index in [1.165, 1.54) is 25.4 Å². The van der Waals surface area contributed by atoms with Crippen molar-refractivity contribution in [1.82, 2.24) is 9.29 Å². The summed E-state index contributed by atoms with van der Waals surface area (Å²) in [5.41, 5.74) is 0. The number of sulfonamides is 1. The van der Waals surface area contributed by atoms with Crippen LogP contribution in [0.15, 0.2) is 23.2 Å². The van der Waals surface area contributed by atoms with Gasteiger partial charge < -0.3 is 0 Å². The summed E-state index contributed by atoms with van der Waals surface area (Å²) < 4.78 is 24.6. The molecule has 1 aromatic heterocycles. The summed E-state index contributed by atoms with van der Waals surface area (Å²) in [7, 11) is -2.14. The molecule has 0 radical (unpaired) electrons. The number of terminal acetylenes is 1. The van der Waals surface area contributed by atoms with Gasteiger partial charge in [-0.1, -0.05) is 17.5 Å². The van der Waals surface area contributed by atoms with Crippen molar-refractivity contribution in [2.24, 2.45) is 0 Å². The largest absolute Gasteiger partial charge is 0.245 e. The van der Waals surface area contributed by atoms with Crippen LogP contribution in [0.1, 0.15) is 0 Å². The molecule has 80 valence electrons. The Hall–Kier alpha value is -1.09. The predicted octanol–water partition coefficient (Wildman–Crippen LogP) is 0.989. The maximum Gasteiger partial charge on any atom is 0.245 e. The lowest BCUT2D eigenvalue weighted by Gasteiger charge is -2.13. The Balaban J connectivity index is 3.07. The van der Waals surface area contributed by atoms with Crippen LogP contribution in [0.3, 0.4) is 0 Å². The van der Waals surface area contributed by atoms with Crippen LogP contribution in [-0.4, -0.2) is 31.3 Å². The molecule has 0 atom stereocenters. The average Bonchev–Trinajstić information content (AvgIpc) is 2.18. The van der Waals surface area contributed by atoms with Crippen LogP contribution in [0.4, 0.5) is 0 Å². The van der Waals surface area contributed by atoms with Gasteiger partial charge in [0.05, 0.1) is 6.54 Å². The van der Waals surface area contributed by atoms with Crippen molar-refractivity contribution in [3.63, 3.8) is 0 Å². The molecule has 0 saturated heterocycles. The van der Waals surface area contributed by atoms with E-state index >= 15 is 0 Å². The second-order valence-corrected chi connectivity index (χ2v) is 5.21. The Morgan fingerprint density at radius 3 is 2.73 bits per heavy atom. The Labute approximate surface area is 93.9 Å².